The molecular weight excluding hydrogens is 544 g/mol. The molecule has 0 aliphatic carbocycles. The van der Waals surface area contributed by atoms with E-state index < -0.39 is 16.9 Å². The van der Waals surface area contributed by atoms with Gasteiger partial charge in [-0.1, -0.05) is 29.5 Å². The smallest absolute Gasteiger partial charge is 0.338 e. The Balaban J connectivity index is 1.68. The van der Waals surface area contributed by atoms with Crippen molar-refractivity contribution in [3.8, 4) is 11.4 Å². The van der Waals surface area contributed by atoms with Crippen molar-refractivity contribution in [3.63, 3.8) is 0 Å². The van der Waals surface area contributed by atoms with Gasteiger partial charge in [0.25, 0.3) is 11.2 Å². The number of allylic oxidation sites excluding steroid dienone is 1. The van der Waals surface area contributed by atoms with Crippen molar-refractivity contribution in [2.75, 3.05) is 13.7 Å². The summed E-state index contributed by atoms with van der Waals surface area (Å²) in [5.74, 6) is 0.000741. The summed E-state index contributed by atoms with van der Waals surface area (Å²) in [4.78, 5) is 42.9. The number of ether oxygens (including phenoxy) is 2. The number of hydrogen-bond acceptors (Lipinski definition) is 8. The van der Waals surface area contributed by atoms with Crippen LogP contribution in [0.4, 0.5) is 5.69 Å². The normalized spacial score (nSPS) is 15.0. The number of esters is 1. The summed E-state index contributed by atoms with van der Waals surface area (Å²) in [6.07, 6.45) is 1.82. The van der Waals surface area contributed by atoms with Gasteiger partial charge in [0.05, 0.1) is 34.4 Å². The lowest BCUT2D eigenvalue weighted by molar-refractivity contribution is -0.384. The van der Waals surface area contributed by atoms with Gasteiger partial charge in [-0.05, 0) is 63.6 Å². The molecule has 2 aromatic carbocycles. The molecule has 1 atom stereocenters. The minimum absolute atomic E-state index is 0.0135. The summed E-state index contributed by atoms with van der Waals surface area (Å²) in [5.41, 5.74) is 4.50. The molecule has 1 aliphatic rings. The maximum Gasteiger partial charge on any atom is 0.338 e. The predicted molar refractivity (Wildman–Crippen MR) is 155 cm³/mol. The van der Waals surface area contributed by atoms with Crippen LogP contribution in [-0.2, 0) is 9.53 Å². The fraction of sp³-hybridized carbons (Fsp3) is 0.233. The van der Waals surface area contributed by atoms with Crippen molar-refractivity contribution in [2.45, 2.75) is 33.7 Å². The second kappa shape index (κ2) is 11.0. The molecule has 2 aromatic heterocycles. The third kappa shape index (κ3) is 4.89. The van der Waals surface area contributed by atoms with Crippen LogP contribution in [0.15, 0.2) is 75.7 Å². The molecule has 4 aromatic rings. The third-order valence-corrected chi connectivity index (χ3v) is 8.01. The zero-order chi connectivity index (χ0) is 29.4. The largest absolute Gasteiger partial charge is 0.496 e. The molecule has 210 valence electrons. The minimum atomic E-state index is -0.781. The summed E-state index contributed by atoms with van der Waals surface area (Å²) in [7, 11) is 1.55. The van der Waals surface area contributed by atoms with E-state index in [1.165, 1.54) is 28.0 Å². The molecule has 0 bridgehead atoms. The van der Waals surface area contributed by atoms with Gasteiger partial charge in [0.15, 0.2) is 4.80 Å². The van der Waals surface area contributed by atoms with Crippen LogP contribution in [0, 0.1) is 24.0 Å². The standard InChI is InChI=1S/C30H28N4O6S/c1-6-40-29(36)26-18(3)31-30-33(27(26)23-9-7-8-10-24(23)39-5)28(35)25(41-30)16-20-15-17(2)32(19(20)4)21-11-13-22(14-12-21)34(37)38/h7-16,27H,6H2,1-5H3/b25-16+/t27-/m0/s1. The molecule has 0 fully saturated rings. The van der Waals surface area contributed by atoms with E-state index in [2.05, 4.69) is 4.99 Å². The van der Waals surface area contributed by atoms with Gasteiger partial charge < -0.3 is 14.0 Å². The molecule has 3 heterocycles. The Labute approximate surface area is 239 Å². The van der Waals surface area contributed by atoms with Gasteiger partial charge in [-0.25, -0.2) is 9.79 Å². The quantitative estimate of drug-likeness (QED) is 0.187. The monoisotopic (exact) mass is 572 g/mol. The molecule has 10 nitrogen and oxygen atoms in total. The molecule has 0 unspecified atom stereocenters. The number of carbonyl (C=O) groups excluding carboxylic acids is 1. The number of hydrogen-bond donors (Lipinski definition) is 0. The Kier molecular flexibility index (Phi) is 7.46. The van der Waals surface area contributed by atoms with Gasteiger partial charge in [0.2, 0.25) is 0 Å². The highest BCUT2D eigenvalue weighted by Crippen LogP contribution is 2.35. The topological polar surface area (TPSA) is 118 Å². The number of fused-ring (bicyclic) bond motifs is 1. The lowest BCUT2D eigenvalue weighted by atomic mass is 9.95. The fourth-order valence-electron chi connectivity index (χ4n) is 5.17. The van der Waals surface area contributed by atoms with Crippen molar-refractivity contribution in [1.29, 1.82) is 0 Å². The molecule has 0 saturated carbocycles. The van der Waals surface area contributed by atoms with Crippen LogP contribution in [0.2, 0.25) is 0 Å². The fourth-order valence-corrected chi connectivity index (χ4v) is 6.21. The zero-order valence-electron chi connectivity index (χ0n) is 23.2. The van der Waals surface area contributed by atoms with Crippen molar-refractivity contribution in [1.82, 2.24) is 9.13 Å². The molecule has 0 radical (unpaired) electrons. The van der Waals surface area contributed by atoms with Crippen molar-refractivity contribution in [3.05, 3.63) is 118 Å². The van der Waals surface area contributed by atoms with E-state index in [1.807, 2.05) is 48.8 Å². The number of non-ortho nitro benzene ring substituents is 1. The van der Waals surface area contributed by atoms with Crippen LogP contribution in [-0.4, -0.2) is 33.7 Å². The first kappa shape index (κ1) is 27.8. The molecule has 41 heavy (non-hydrogen) atoms. The van der Waals surface area contributed by atoms with Crippen LogP contribution in [0.25, 0.3) is 11.8 Å². The van der Waals surface area contributed by atoms with E-state index in [1.54, 1.807) is 39.2 Å². The van der Waals surface area contributed by atoms with Gasteiger partial charge >= 0.3 is 5.97 Å². The molecule has 11 heteroatoms. The third-order valence-electron chi connectivity index (χ3n) is 7.03. The number of carbonyl (C=O) groups is 1. The van der Waals surface area contributed by atoms with Crippen molar-refractivity contribution >= 4 is 29.1 Å². The van der Waals surface area contributed by atoms with Crippen molar-refractivity contribution < 1.29 is 19.2 Å². The zero-order valence-corrected chi connectivity index (χ0v) is 24.0. The molecule has 1 aliphatic heterocycles. The molecule has 0 saturated heterocycles. The highest BCUT2D eigenvalue weighted by Gasteiger charge is 2.35. The van der Waals surface area contributed by atoms with Gasteiger partial charge in [0.1, 0.15) is 11.8 Å². The molecule has 0 spiro atoms. The van der Waals surface area contributed by atoms with Crippen LogP contribution in [0.3, 0.4) is 0 Å². The maximum atomic E-state index is 14.0. The predicted octanol–water partition coefficient (Wildman–Crippen LogP) is 4.12. The van der Waals surface area contributed by atoms with E-state index in [0.717, 1.165) is 22.6 Å². The Hall–Kier alpha value is -4.77. The Morgan fingerprint density at radius 2 is 1.85 bits per heavy atom. The van der Waals surface area contributed by atoms with E-state index in [0.29, 0.717) is 26.3 Å². The number of aryl methyl sites for hydroxylation is 1. The lowest BCUT2D eigenvalue weighted by Crippen LogP contribution is -2.40. The molecular formula is C30H28N4O6S. The highest BCUT2D eigenvalue weighted by molar-refractivity contribution is 7.07. The summed E-state index contributed by atoms with van der Waals surface area (Å²) in [5, 5.41) is 11.1. The maximum absolute atomic E-state index is 14.0. The van der Waals surface area contributed by atoms with Gasteiger partial charge in [-0.2, -0.15) is 0 Å². The highest BCUT2D eigenvalue weighted by atomic mass is 32.1. The van der Waals surface area contributed by atoms with Crippen molar-refractivity contribution in [2.24, 2.45) is 4.99 Å². The second-order valence-corrected chi connectivity index (χ2v) is 10.5. The van der Waals surface area contributed by atoms with Crippen LogP contribution in [0.5, 0.6) is 5.75 Å². The summed E-state index contributed by atoms with van der Waals surface area (Å²) >= 11 is 1.24. The van der Waals surface area contributed by atoms with Crippen LogP contribution >= 0.6 is 11.3 Å². The second-order valence-electron chi connectivity index (χ2n) is 9.48. The number of para-hydroxylation sites is 1. The van der Waals surface area contributed by atoms with E-state index in [9.17, 15) is 19.7 Å². The number of nitro benzene ring substituents is 1. The average molecular weight is 573 g/mol. The number of aromatic nitrogens is 2. The first-order valence-electron chi connectivity index (χ1n) is 12.9. The SMILES string of the molecule is CCOC(=O)C1=C(C)N=c2s/c(=C/c3cc(C)n(-c4ccc([N+](=O)[O-])cc4)c3C)c(=O)n2[C@H]1c1ccccc1OC. The molecule has 5 rings (SSSR count). The van der Waals surface area contributed by atoms with Crippen LogP contribution < -0.4 is 19.6 Å². The van der Waals surface area contributed by atoms with Crippen LogP contribution in [0.1, 0.15) is 42.4 Å². The summed E-state index contributed by atoms with van der Waals surface area (Å²) in [6.45, 7) is 7.52. The minimum Gasteiger partial charge on any atom is -0.496 e. The lowest BCUT2D eigenvalue weighted by Gasteiger charge is -2.25. The first-order valence-corrected chi connectivity index (χ1v) is 13.7. The van der Waals surface area contributed by atoms with E-state index in [4.69, 9.17) is 9.47 Å². The molecule has 0 amide bonds. The van der Waals surface area contributed by atoms with Gasteiger partial charge in [0, 0.05) is 34.8 Å². The number of rotatable bonds is 7. The summed E-state index contributed by atoms with van der Waals surface area (Å²) in [6, 6.07) is 14.8. The van der Waals surface area contributed by atoms with Gasteiger partial charge in [-0.15, -0.1) is 0 Å². The van der Waals surface area contributed by atoms with E-state index >= 15 is 0 Å². The average Bonchev–Trinajstić information content (AvgIpc) is 3.41. The number of benzene rings is 2. The number of nitrogens with zero attached hydrogens (tertiary/aromatic N) is 4. The number of thiazole rings is 1. The van der Waals surface area contributed by atoms with E-state index in [-0.39, 0.29) is 23.4 Å². The Bertz CT molecular complexity index is 1900. The number of nitro groups is 1. The van der Waals surface area contributed by atoms with Gasteiger partial charge in [-0.3, -0.25) is 19.5 Å². The Morgan fingerprint density at radius 1 is 1.15 bits per heavy atom. The molecule has 0 N–H and O–H groups in total. The summed E-state index contributed by atoms with van der Waals surface area (Å²) < 4.78 is 14.9. The number of methoxy groups -OCH3 is 1. The first-order chi connectivity index (χ1) is 19.7. The Morgan fingerprint density at radius 3 is 2.51 bits per heavy atom.